The van der Waals surface area contributed by atoms with Crippen molar-refractivity contribution < 1.29 is 13.3 Å². The van der Waals surface area contributed by atoms with Gasteiger partial charge in [-0.05, 0) is 17.2 Å². The zero-order valence-electron chi connectivity index (χ0n) is 15.1. The number of hydrogen-bond acceptors (Lipinski definition) is 3. The summed E-state index contributed by atoms with van der Waals surface area (Å²) in [4.78, 5) is 0. The van der Waals surface area contributed by atoms with Crippen LogP contribution in [0.4, 0.5) is 0 Å². The van der Waals surface area contributed by atoms with Gasteiger partial charge in [-0.2, -0.15) is 0 Å². The fraction of sp³-hybridized carbons (Fsp3) is 0.579. The van der Waals surface area contributed by atoms with Gasteiger partial charge in [0.15, 0.2) is 0 Å². The quantitative estimate of drug-likeness (QED) is 0.423. The number of hydrogen-bond donors (Lipinski definition) is 0. The van der Waals surface area contributed by atoms with E-state index in [9.17, 15) is 0 Å². The van der Waals surface area contributed by atoms with Gasteiger partial charge in [-0.25, -0.2) is 0 Å². The molecule has 0 unspecified atom stereocenters. The third-order valence-corrected chi connectivity index (χ3v) is 7.01. The second-order valence-electron chi connectivity index (χ2n) is 5.81. The Morgan fingerprint density at radius 1 is 0.652 bits per heavy atom. The standard InChI is InChI=1S/C11H26O3Si.C8H6/c1-5-6-7-8-9-10-11-15(12-2,13-3)14-4;1-2-8-5-3-7(1)4-6-8/h5-11H2,1-4H3;1-6H. The van der Waals surface area contributed by atoms with Crippen molar-refractivity contribution in [3.8, 4) is 0 Å². The molecule has 0 saturated heterocycles. The van der Waals surface area contributed by atoms with Crippen LogP contribution in [0.1, 0.15) is 45.4 Å². The van der Waals surface area contributed by atoms with E-state index in [2.05, 4.69) is 43.3 Å². The van der Waals surface area contributed by atoms with E-state index < -0.39 is 8.80 Å². The Morgan fingerprint density at radius 3 is 1.39 bits per heavy atom. The van der Waals surface area contributed by atoms with E-state index in [-0.39, 0.29) is 0 Å². The molecular formula is C19H32O3Si. The fourth-order valence-electron chi connectivity index (χ4n) is 2.59. The average molecular weight is 337 g/mol. The van der Waals surface area contributed by atoms with Crippen molar-refractivity contribution >= 4 is 19.6 Å². The van der Waals surface area contributed by atoms with Crippen molar-refractivity contribution in [1.82, 2.24) is 0 Å². The van der Waals surface area contributed by atoms with E-state index in [1.54, 1.807) is 21.3 Å². The van der Waals surface area contributed by atoms with Crippen molar-refractivity contribution in [2.75, 3.05) is 21.3 Å². The van der Waals surface area contributed by atoms with Crippen molar-refractivity contribution in [1.29, 1.82) is 0 Å². The first-order valence-electron chi connectivity index (χ1n) is 8.63. The minimum absolute atomic E-state index is 0.933. The molecule has 0 spiro atoms. The van der Waals surface area contributed by atoms with Gasteiger partial charge in [0.2, 0.25) is 0 Å². The van der Waals surface area contributed by atoms with Crippen LogP contribution in [0.2, 0.25) is 6.04 Å². The van der Waals surface area contributed by atoms with Gasteiger partial charge in [-0.1, -0.05) is 75.4 Å². The van der Waals surface area contributed by atoms with Crippen LogP contribution in [0.15, 0.2) is 36.4 Å². The molecule has 23 heavy (non-hydrogen) atoms. The predicted octanol–water partition coefficient (Wildman–Crippen LogP) is 5.50. The highest BCUT2D eigenvalue weighted by Gasteiger charge is 2.36. The van der Waals surface area contributed by atoms with Gasteiger partial charge in [-0.15, -0.1) is 0 Å². The van der Waals surface area contributed by atoms with Gasteiger partial charge in [0, 0.05) is 27.4 Å². The van der Waals surface area contributed by atoms with Gasteiger partial charge in [0.05, 0.1) is 0 Å². The van der Waals surface area contributed by atoms with E-state index in [1.807, 2.05) is 0 Å². The van der Waals surface area contributed by atoms with Crippen LogP contribution in [-0.2, 0) is 13.3 Å². The molecule has 2 bridgehead atoms. The molecular weight excluding hydrogens is 304 g/mol. The van der Waals surface area contributed by atoms with Crippen molar-refractivity contribution in [3.63, 3.8) is 0 Å². The first-order valence-corrected chi connectivity index (χ1v) is 10.6. The summed E-state index contributed by atoms with van der Waals surface area (Å²) in [6, 6.07) is 13.7. The molecule has 0 aromatic heterocycles. The molecule has 0 atom stereocenters. The van der Waals surface area contributed by atoms with Crippen LogP contribution < -0.4 is 0 Å². The third-order valence-electron chi connectivity index (χ3n) is 4.17. The minimum atomic E-state index is -2.29. The van der Waals surface area contributed by atoms with E-state index in [0.29, 0.717) is 0 Å². The Labute approximate surface area is 142 Å². The summed E-state index contributed by atoms with van der Waals surface area (Å²) < 4.78 is 16.1. The fourth-order valence-corrected chi connectivity index (χ4v) is 4.38. The molecule has 130 valence electrons. The predicted molar refractivity (Wildman–Crippen MR) is 100 cm³/mol. The van der Waals surface area contributed by atoms with E-state index in [0.717, 1.165) is 12.5 Å². The maximum Gasteiger partial charge on any atom is 0.500 e. The summed E-state index contributed by atoms with van der Waals surface area (Å²) in [6.45, 7) is 2.23. The molecule has 3 aromatic carbocycles. The lowest BCUT2D eigenvalue weighted by molar-refractivity contribution is 0.122. The summed E-state index contributed by atoms with van der Waals surface area (Å²) in [6.07, 6.45) is 7.71. The molecule has 0 fully saturated rings. The molecule has 4 heteroatoms. The zero-order valence-corrected chi connectivity index (χ0v) is 16.1. The Bertz CT molecular complexity index is 414. The molecule has 3 nitrogen and oxygen atoms in total. The Morgan fingerprint density at radius 2 is 1.04 bits per heavy atom. The second kappa shape index (κ2) is 11.6. The molecule has 0 N–H and O–H groups in total. The molecule has 0 aliphatic heterocycles. The highest BCUT2D eigenvalue weighted by molar-refractivity contribution is 6.60. The SMILES string of the molecule is CCCCCCCC[Si](OC)(OC)OC.c1cc2ccc1cc2. The molecule has 0 saturated carbocycles. The number of fused-ring (bicyclic) bond motifs is 3. The van der Waals surface area contributed by atoms with Crippen LogP contribution in [0, 0.1) is 0 Å². The molecule has 0 radical (unpaired) electrons. The molecule has 0 aliphatic rings. The summed E-state index contributed by atoms with van der Waals surface area (Å²) in [5, 5.41) is 2.61. The van der Waals surface area contributed by atoms with Crippen molar-refractivity contribution in [3.05, 3.63) is 36.4 Å². The van der Waals surface area contributed by atoms with Gasteiger partial charge in [0.25, 0.3) is 0 Å². The molecule has 3 rings (SSSR count). The van der Waals surface area contributed by atoms with Crippen LogP contribution >= 0.6 is 0 Å². The van der Waals surface area contributed by atoms with Gasteiger partial charge < -0.3 is 13.3 Å². The van der Waals surface area contributed by atoms with E-state index >= 15 is 0 Å². The number of unbranched alkanes of at least 4 members (excludes halogenated alkanes) is 5. The van der Waals surface area contributed by atoms with Crippen molar-refractivity contribution in [2.24, 2.45) is 0 Å². The Kier molecular flexibility index (Phi) is 10.1. The lowest BCUT2D eigenvalue weighted by Crippen LogP contribution is -2.42. The topological polar surface area (TPSA) is 27.7 Å². The molecule has 3 aromatic rings. The van der Waals surface area contributed by atoms with Gasteiger partial charge >= 0.3 is 8.80 Å². The molecule has 0 amide bonds. The summed E-state index contributed by atoms with van der Waals surface area (Å²) in [5.74, 6) is 0. The molecule has 0 heterocycles. The average Bonchev–Trinajstić information content (AvgIpc) is 2.64. The van der Waals surface area contributed by atoms with Gasteiger partial charge in [-0.3, -0.25) is 0 Å². The minimum Gasteiger partial charge on any atom is -0.377 e. The normalized spacial score (nSPS) is 11.5. The Balaban J connectivity index is 0.000000270. The van der Waals surface area contributed by atoms with Crippen LogP contribution in [0.25, 0.3) is 10.8 Å². The lowest BCUT2D eigenvalue weighted by atomic mass is 10.1. The van der Waals surface area contributed by atoms with Crippen LogP contribution in [0.5, 0.6) is 0 Å². The number of benzene rings is 3. The zero-order chi connectivity index (χ0) is 17.0. The maximum atomic E-state index is 5.36. The summed E-state index contributed by atoms with van der Waals surface area (Å²) in [5.41, 5.74) is 0. The lowest BCUT2D eigenvalue weighted by Gasteiger charge is -2.24. The highest BCUT2D eigenvalue weighted by atomic mass is 28.4. The largest absolute Gasteiger partial charge is 0.500 e. The third kappa shape index (κ3) is 7.44. The monoisotopic (exact) mass is 336 g/mol. The van der Waals surface area contributed by atoms with E-state index in [1.165, 1.54) is 42.9 Å². The maximum absolute atomic E-state index is 5.36. The van der Waals surface area contributed by atoms with Gasteiger partial charge in [0.1, 0.15) is 0 Å². The number of rotatable bonds is 10. The van der Waals surface area contributed by atoms with Crippen LogP contribution in [0.3, 0.4) is 0 Å². The Hall–Kier alpha value is -0.943. The van der Waals surface area contributed by atoms with Crippen LogP contribution in [-0.4, -0.2) is 30.1 Å². The van der Waals surface area contributed by atoms with Crippen molar-refractivity contribution in [2.45, 2.75) is 51.5 Å². The first kappa shape index (κ1) is 20.1. The second-order valence-corrected chi connectivity index (χ2v) is 8.90. The highest BCUT2D eigenvalue weighted by Crippen LogP contribution is 2.18. The smallest absolute Gasteiger partial charge is 0.377 e. The summed E-state index contributed by atoms with van der Waals surface area (Å²) >= 11 is 0. The first-order chi connectivity index (χ1) is 11.2. The van der Waals surface area contributed by atoms with E-state index in [4.69, 9.17) is 13.3 Å². The molecule has 0 aliphatic carbocycles. The summed E-state index contributed by atoms with van der Waals surface area (Å²) in [7, 11) is 2.74.